The zero-order valence-electron chi connectivity index (χ0n) is 18.2. The second-order valence-electron chi connectivity index (χ2n) is 8.45. The van der Waals surface area contributed by atoms with Crippen LogP contribution in [-0.2, 0) is 10.3 Å². The van der Waals surface area contributed by atoms with Crippen LogP contribution in [0.3, 0.4) is 0 Å². The van der Waals surface area contributed by atoms with E-state index in [-0.39, 0.29) is 5.75 Å². The summed E-state index contributed by atoms with van der Waals surface area (Å²) in [5.41, 5.74) is 9.50. The lowest BCUT2D eigenvalue weighted by Gasteiger charge is -2.40. The number of aliphatic imine (C=N–C) groups is 1. The van der Waals surface area contributed by atoms with Crippen LogP contribution in [0, 0.1) is 11.8 Å². The van der Waals surface area contributed by atoms with Gasteiger partial charge in [-0.25, -0.2) is 14.4 Å². The molecular weight excluding hydrogens is 456 g/mol. The Labute approximate surface area is 199 Å². The van der Waals surface area contributed by atoms with Crippen LogP contribution in [0.15, 0.2) is 59.7 Å². The Morgan fingerprint density at radius 3 is 2.74 bits per heavy atom. The van der Waals surface area contributed by atoms with Crippen LogP contribution in [0.1, 0.15) is 29.5 Å². The normalized spacial score (nSPS) is 21.2. The number of hydrogen-bond acceptors (Lipinski definition) is 6. The molecule has 0 unspecified atom stereocenters. The molecule has 172 valence electrons. The first-order valence-corrected chi connectivity index (χ1v) is 12.1. The number of ether oxygens (including phenoxy) is 2. The maximum Gasteiger partial charge on any atom is 0.220 e. The number of thioether (sulfide) groups is 1. The Hall–Kier alpha value is -3.23. The lowest BCUT2D eigenvalue weighted by molar-refractivity contribution is 0.161. The van der Waals surface area contributed by atoms with Gasteiger partial charge in [-0.1, -0.05) is 23.9 Å². The zero-order chi connectivity index (χ0) is 23.3. The molecule has 2 N–H and O–H groups in total. The fourth-order valence-electron chi connectivity index (χ4n) is 4.91. The molecule has 0 saturated heterocycles. The summed E-state index contributed by atoms with van der Waals surface area (Å²) in [6, 6.07) is 12.2. The minimum Gasteiger partial charge on any atom is -0.453 e. The number of nitrogens with two attached hydrogens (primary N) is 1. The molecule has 4 heterocycles. The second-order valence-corrected chi connectivity index (χ2v) is 9.57. The van der Waals surface area contributed by atoms with Crippen LogP contribution < -0.4 is 10.5 Å². The van der Waals surface area contributed by atoms with Gasteiger partial charge in [0.15, 0.2) is 16.7 Å². The largest absolute Gasteiger partial charge is 0.453 e. The van der Waals surface area contributed by atoms with E-state index in [9.17, 15) is 4.39 Å². The lowest BCUT2D eigenvalue weighted by atomic mass is 9.76. The van der Waals surface area contributed by atoms with Crippen LogP contribution in [0.4, 0.5) is 8.78 Å². The van der Waals surface area contributed by atoms with Crippen LogP contribution in [-0.4, -0.2) is 29.1 Å². The minimum atomic E-state index is -0.935. The summed E-state index contributed by atoms with van der Waals surface area (Å²) < 4.78 is 41.5. The maximum atomic E-state index is 15.5. The molecule has 34 heavy (non-hydrogen) atoms. The zero-order valence-corrected chi connectivity index (χ0v) is 19.0. The van der Waals surface area contributed by atoms with Gasteiger partial charge in [0.25, 0.3) is 0 Å². The number of fused-ring (bicyclic) bond motifs is 4. The predicted molar refractivity (Wildman–Crippen MR) is 129 cm³/mol. The van der Waals surface area contributed by atoms with Gasteiger partial charge in [-0.2, -0.15) is 4.39 Å². The highest BCUT2D eigenvalue weighted by Gasteiger charge is 2.45. The summed E-state index contributed by atoms with van der Waals surface area (Å²) in [5, 5.41) is 0.430. The second kappa shape index (κ2) is 8.21. The summed E-state index contributed by atoms with van der Waals surface area (Å²) in [6.07, 6.45) is 4.70. The number of halogens is 2. The standard InChI is InChI=1S/C26H21F2N3O2S/c27-21-14-17(15-5-9-32-10-6-15)13-20-23(21)33-22-4-3-16(18-2-1-8-30-24(18)28)12-19(22)26(20)7-11-34-25(29)31-26/h1-5,8,12-14H,6-7,9-11H2,(H2,29,31)/t26-/m0/s1. The summed E-state index contributed by atoms with van der Waals surface area (Å²) in [7, 11) is 0. The van der Waals surface area contributed by atoms with Gasteiger partial charge >= 0.3 is 0 Å². The molecule has 1 spiro atoms. The van der Waals surface area contributed by atoms with E-state index < -0.39 is 17.3 Å². The summed E-state index contributed by atoms with van der Waals surface area (Å²) in [6.45, 7) is 1.09. The van der Waals surface area contributed by atoms with Gasteiger partial charge in [0.1, 0.15) is 11.3 Å². The van der Waals surface area contributed by atoms with E-state index in [1.807, 2.05) is 18.2 Å². The molecule has 3 aliphatic heterocycles. The molecule has 5 nitrogen and oxygen atoms in total. The molecule has 0 radical (unpaired) electrons. The van der Waals surface area contributed by atoms with Crippen molar-refractivity contribution in [2.24, 2.45) is 10.7 Å². The van der Waals surface area contributed by atoms with E-state index in [1.54, 1.807) is 24.3 Å². The summed E-state index contributed by atoms with van der Waals surface area (Å²) in [4.78, 5) is 8.68. The minimum absolute atomic E-state index is 0.160. The first-order chi connectivity index (χ1) is 16.5. The third-order valence-corrected chi connectivity index (χ3v) is 7.34. The molecule has 1 atom stereocenters. The van der Waals surface area contributed by atoms with Gasteiger partial charge in [-0.15, -0.1) is 0 Å². The molecule has 0 fully saturated rings. The Balaban J connectivity index is 1.59. The first kappa shape index (κ1) is 21.3. The Morgan fingerprint density at radius 2 is 1.94 bits per heavy atom. The molecule has 6 rings (SSSR count). The van der Waals surface area contributed by atoms with Gasteiger partial charge in [0, 0.05) is 28.6 Å². The molecule has 0 aliphatic carbocycles. The molecule has 2 aromatic carbocycles. The first-order valence-electron chi connectivity index (χ1n) is 11.1. The average molecular weight is 478 g/mol. The van der Waals surface area contributed by atoms with Gasteiger partial charge in [0.2, 0.25) is 5.95 Å². The highest BCUT2D eigenvalue weighted by Crippen LogP contribution is 2.55. The number of aromatic nitrogens is 1. The number of amidine groups is 1. The van der Waals surface area contributed by atoms with E-state index in [1.165, 1.54) is 24.0 Å². The SMILES string of the molecule is NC1=N[C@@]2(CCS1)c1cc(-c3cccnc3F)ccc1Oc1c(F)cc(C3=CCOCC3)cc12. The van der Waals surface area contributed by atoms with E-state index in [0.717, 1.165) is 16.7 Å². The number of rotatable bonds is 2. The van der Waals surface area contributed by atoms with Crippen molar-refractivity contribution in [2.75, 3.05) is 19.0 Å². The van der Waals surface area contributed by atoms with E-state index in [2.05, 4.69) is 4.98 Å². The molecule has 0 amide bonds. The number of pyridine rings is 1. The molecule has 1 aromatic heterocycles. The Bertz CT molecular complexity index is 1370. The van der Waals surface area contributed by atoms with Gasteiger partial charge in [0.05, 0.1) is 13.2 Å². The quantitative estimate of drug-likeness (QED) is 0.485. The van der Waals surface area contributed by atoms with Crippen molar-refractivity contribution in [1.82, 2.24) is 4.98 Å². The lowest BCUT2D eigenvalue weighted by Crippen LogP contribution is -2.36. The molecule has 0 bridgehead atoms. The smallest absolute Gasteiger partial charge is 0.220 e. The summed E-state index contributed by atoms with van der Waals surface area (Å²) in [5.74, 6) is 0.353. The maximum absolute atomic E-state index is 15.5. The van der Waals surface area contributed by atoms with Crippen LogP contribution in [0.5, 0.6) is 11.5 Å². The molecule has 3 aliphatic rings. The number of benzene rings is 2. The Kier molecular flexibility index (Phi) is 5.15. The van der Waals surface area contributed by atoms with Crippen molar-refractivity contribution in [1.29, 1.82) is 0 Å². The van der Waals surface area contributed by atoms with Crippen molar-refractivity contribution < 1.29 is 18.3 Å². The molecule has 3 aromatic rings. The highest BCUT2D eigenvalue weighted by molar-refractivity contribution is 8.13. The van der Waals surface area contributed by atoms with Crippen molar-refractivity contribution >= 4 is 22.5 Å². The molecular formula is C26H21F2N3O2S. The van der Waals surface area contributed by atoms with Crippen molar-refractivity contribution in [3.8, 4) is 22.6 Å². The van der Waals surface area contributed by atoms with Crippen molar-refractivity contribution in [3.05, 3.63) is 83.2 Å². The van der Waals surface area contributed by atoms with E-state index in [0.29, 0.717) is 59.4 Å². The van der Waals surface area contributed by atoms with Crippen LogP contribution >= 0.6 is 11.8 Å². The molecule has 8 heteroatoms. The van der Waals surface area contributed by atoms with Crippen molar-refractivity contribution in [2.45, 2.75) is 18.4 Å². The van der Waals surface area contributed by atoms with Crippen molar-refractivity contribution in [3.63, 3.8) is 0 Å². The van der Waals surface area contributed by atoms with Gasteiger partial charge in [-0.05, 0) is 65.9 Å². The predicted octanol–water partition coefficient (Wildman–Crippen LogP) is 5.63. The summed E-state index contributed by atoms with van der Waals surface area (Å²) >= 11 is 1.47. The number of nitrogens with zero attached hydrogens (tertiary/aromatic N) is 2. The van der Waals surface area contributed by atoms with Gasteiger partial charge in [-0.3, -0.25) is 0 Å². The third-order valence-electron chi connectivity index (χ3n) is 6.55. The van der Waals surface area contributed by atoms with Gasteiger partial charge < -0.3 is 15.2 Å². The fourth-order valence-corrected chi connectivity index (χ4v) is 5.74. The van der Waals surface area contributed by atoms with Crippen LogP contribution in [0.2, 0.25) is 0 Å². The monoisotopic (exact) mass is 477 g/mol. The Morgan fingerprint density at radius 1 is 1.06 bits per heavy atom. The van der Waals surface area contributed by atoms with Crippen LogP contribution in [0.25, 0.3) is 16.7 Å². The third kappa shape index (κ3) is 3.40. The number of hydrogen-bond donors (Lipinski definition) is 1. The highest BCUT2D eigenvalue weighted by atomic mass is 32.2. The van der Waals surface area contributed by atoms with E-state index >= 15 is 4.39 Å². The topological polar surface area (TPSA) is 69.7 Å². The average Bonchev–Trinajstić information content (AvgIpc) is 2.86. The van der Waals surface area contributed by atoms with E-state index in [4.69, 9.17) is 20.2 Å². The molecule has 0 saturated carbocycles. The fraction of sp³-hybridized carbons (Fsp3) is 0.231.